The summed E-state index contributed by atoms with van der Waals surface area (Å²) in [7, 11) is 0. The van der Waals surface area contributed by atoms with Gasteiger partial charge in [-0.2, -0.15) is 9.78 Å². The summed E-state index contributed by atoms with van der Waals surface area (Å²) >= 11 is 1.53. The van der Waals surface area contributed by atoms with Gasteiger partial charge in [-0.1, -0.05) is 30.3 Å². The lowest BCUT2D eigenvalue weighted by atomic mass is 10.2. The summed E-state index contributed by atoms with van der Waals surface area (Å²) < 4.78 is 1.43. The van der Waals surface area contributed by atoms with Crippen molar-refractivity contribution in [2.75, 3.05) is 11.1 Å². The van der Waals surface area contributed by atoms with Crippen molar-refractivity contribution in [3.8, 4) is 5.95 Å². The number of nitrogens with one attached hydrogen (secondary N) is 2. The first-order valence-electron chi connectivity index (χ1n) is 8.08. The molecule has 1 aromatic carbocycles. The third-order valence-electron chi connectivity index (χ3n) is 3.50. The molecule has 0 atom stereocenters. The molecule has 0 aliphatic heterocycles. The highest BCUT2D eigenvalue weighted by atomic mass is 32.2. The van der Waals surface area contributed by atoms with E-state index in [1.54, 1.807) is 13.0 Å². The Labute approximate surface area is 154 Å². The van der Waals surface area contributed by atoms with Crippen LogP contribution < -0.4 is 10.9 Å². The van der Waals surface area contributed by atoms with Gasteiger partial charge in [-0.3, -0.25) is 14.6 Å². The number of anilines is 1. The number of nitrogens with zero attached hydrogens (tertiary/aromatic N) is 3. The topological polar surface area (TPSA) is 92.7 Å². The first-order chi connectivity index (χ1) is 12.5. The van der Waals surface area contributed by atoms with E-state index in [1.165, 1.54) is 28.1 Å². The average Bonchev–Trinajstić information content (AvgIpc) is 2.95. The number of rotatable bonds is 6. The summed E-state index contributed by atoms with van der Waals surface area (Å²) in [6.45, 7) is 3.54. The SMILES string of the molecule is Cc1cc(=O)[nH]c(-n2nc(C)cc2NC(=O)CSCc2ccccc2)n1. The van der Waals surface area contributed by atoms with Gasteiger partial charge < -0.3 is 5.32 Å². The van der Waals surface area contributed by atoms with Crippen LogP contribution in [0.2, 0.25) is 0 Å². The lowest BCUT2D eigenvalue weighted by Crippen LogP contribution is -2.20. The Kier molecular flexibility index (Phi) is 5.52. The Hall–Kier alpha value is -2.87. The van der Waals surface area contributed by atoms with Gasteiger partial charge in [0, 0.05) is 23.6 Å². The zero-order valence-electron chi connectivity index (χ0n) is 14.5. The quantitative estimate of drug-likeness (QED) is 0.696. The molecular formula is C18H19N5O2S. The molecule has 0 saturated heterocycles. The minimum Gasteiger partial charge on any atom is -0.310 e. The zero-order valence-corrected chi connectivity index (χ0v) is 15.3. The summed E-state index contributed by atoms with van der Waals surface area (Å²) in [6, 6.07) is 13.1. The van der Waals surface area contributed by atoms with E-state index in [0.717, 1.165) is 5.75 Å². The van der Waals surface area contributed by atoms with Gasteiger partial charge in [0.25, 0.3) is 5.56 Å². The maximum absolute atomic E-state index is 12.3. The monoisotopic (exact) mass is 369 g/mol. The number of hydrogen-bond donors (Lipinski definition) is 2. The molecule has 2 heterocycles. The second-order valence-electron chi connectivity index (χ2n) is 5.82. The second kappa shape index (κ2) is 8.01. The van der Waals surface area contributed by atoms with Gasteiger partial charge in [0.1, 0.15) is 5.82 Å². The molecular weight excluding hydrogens is 350 g/mol. The average molecular weight is 369 g/mol. The van der Waals surface area contributed by atoms with Gasteiger partial charge in [0.15, 0.2) is 0 Å². The first kappa shape index (κ1) is 17.9. The molecule has 0 saturated carbocycles. The van der Waals surface area contributed by atoms with Gasteiger partial charge in [-0.15, -0.1) is 11.8 Å². The number of aromatic nitrogens is 4. The van der Waals surface area contributed by atoms with Crippen LogP contribution in [0.25, 0.3) is 5.95 Å². The van der Waals surface area contributed by atoms with Crippen LogP contribution >= 0.6 is 11.8 Å². The molecule has 134 valence electrons. The van der Waals surface area contributed by atoms with Crippen LogP contribution in [0.15, 0.2) is 47.3 Å². The molecule has 0 aliphatic carbocycles. The van der Waals surface area contributed by atoms with Crippen molar-refractivity contribution >= 4 is 23.5 Å². The van der Waals surface area contributed by atoms with Crippen molar-refractivity contribution in [2.24, 2.45) is 0 Å². The van der Waals surface area contributed by atoms with Crippen LogP contribution in [0.1, 0.15) is 17.0 Å². The van der Waals surface area contributed by atoms with Crippen molar-refractivity contribution in [2.45, 2.75) is 19.6 Å². The Morgan fingerprint density at radius 2 is 1.96 bits per heavy atom. The van der Waals surface area contributed by atoms with Crippen molar-refractivity contribution in [3.63, 3.8) is 0 Å². The van der Waals surface area contributed by atoms with E-state index in [4.69, 9.17) is 0 Å². The zero-order chi connectivity index (χ0) is 18.5. The van der Waals surface area contributed by atoms with E-state index in [0.29, 0.717) is 23.0 Å². The van der Waals surface area contributed by atoms with Crippen LogP contribution in [-0.2, 0) is 10.5 Å². The second-order valence-corrected chi connectivity index (χ2v) is 6.81. The Morgan fingerprint density at radius 3 is 2.69 bits per heavy atom. The normalized spacial score (nSPS) is 10.7. The third kappa shape index (κ3) is 4.60. The van der Waals surface area contributed by atoms with Crippen molar-refractivity contribution < 1.29 is 4.79 Å². The molecule has 0 unspecified atom stereocenters. The third-order valence-corrected chi connectivity index (χ3v) is 4.51. The minimum absolute atomic E-state index is 0.137. The van der Waals surface area contributed by atoms with E-state index >= 15 is 0 Å². The van der Waals surface area contributed by atoms with Gasteiger partial charge in [-0.05, 0) is 19.4 Å². The number of carbonyl (C=O) groups excluding carboxylic acids is 1. The molecule has 0 aliphatic rings. The highest BCUT2D eigenvalue weighted by molar-refractivity contribution is 7.99. The predicted molar refractivity (Wildman–Crippen MR) is 103 cm³/mol. The molecule has 0 bridgehead atoms. The summed E-state index contributed by atoms with van der Waals surface area (Å²) in [5.41, 5.74) is 2.19. The van der Waals surface area contributed by atoms with Crippen molar-refractivity contribution in [1.82, 2.24) is 19.7 Å². The number of aryl methyl sites for hydroxylation is 2. The van der Waals surface area contributed by atoms with Crippen molar-refractivity contribution in [1.29, 1.82) is 0 Å². The lowest BCUT2D eigenvalue weighted by molar-refractivity contribution is -0.113. The van der Waals surface area contributed by atoms with E-state index in [1.807, 2.05) is 37.3 Å². The number of aromatic amines is 1. The number of hydrogen-bond acceptors (Lipinski definition) is 5. The summed E-state index contributed by atoms with van der Waals surface area (Å²) in [4.78, 5) is 30.8. The van der Waals surface area contributed by atoms with Gasteiger partial charge in [-0.25, -0.2) is 4.98 Å². The molecule has 26 heavy (non-hydrogen) atoms. The number of benzene rings is 1. The van der Waals surface area contributed by atoms with Crippen molar-refractivity contribution in [3.05, 3.63) is 69.8 Å². The molecule has 0 spiro atoms. The number of thioether (sulfide) groups is 1. The van der Waals surface area contributed by atoms with E-state index in [-0.39, 0.29) is 17.4 Å². The number of amides is 1. The summed E-state index contributed by atoms with van der Waals surface area (Å²) in [6.07, 6.45) is 0. The Bertz CT molecular complexity index is 965. The van der Waals surface area contributed by atoms with Crippen LogP contribution in [0.3, 0.4) is 0 Å². The fourth-order valence-corrected chi connectivity index (χ4v) is 3.22. The summed E-state index contributed by atoms with van der Waals surface area (Å²) in [5, 5.41) is 7.14. The Balaban J connectivity index is 1.68. The first-order valence-corrected chi connectivity index (χ1v) is 9.23. The maximum atomic E-state index is 12.3. The molecule has 1 amide bonds. The van der Waals surface area contributed by atoms with Gasteiger partial charge >= 0.3 is 0 Å². The van der Waals surface area contributed by atoms with Crippen LogP contribution in [-0.4, -0.2) is 31.4 Å². The molecule has 7 nitrogen and oxygen atoms in total. The number of carbonyl (C=O) groups is 1. The van der Waals surface area contributed by atoms with Crippen LogP contribution in [0, 0.1) is 13.8 Å². The van der Waals surface area contributed by atoms with Crippen LogP contribution in [0.4, 0.5) is 5.82 Å². The largest absolute Gasteiger partial charge is 0.310 e. The summed E-state index contributed by atoms with van der Waals surface area (Å²) in [5.74, 6) is 1.69. The highest BCUT2D eigenvalue weighted by Gasteiger charge is 2.13. The van der Waals surface area contributed by atoms with Crippen LogP contribution in [0.5, 0.6) is 0 Å². The molecule has 2 aromatic heterocycles. The standard InChI is InChI=1S/C18H19N5O2S/c1-12-9-16(24)21-18(19-12)23-15(8-13(2)22-23)20-17(25)11-26-10-14-6-4-3-5-7-14/h3-9H,10-11H2,1-2H3,(H,20,25)(H,19,21,24). The lowest BCUT2D eigenvalue weighted by Gasteiger charge is -2.08. The van der Waals surface area contributed by atoms with E-state index in [2.05, 4.69) is 20.4 Å². The predicted octanol–water partition coefficient (Wildman–Crippen LogP) is 2.44. The highest BCUT2D eigenvalue weighted by Crippen LogP contribution is 2.16. The maximum Gasteiger partial charge on any atom is 0.252 e. The number of H-pyrrole nitrogens is 1. The molecule has 3 aromatic rings. The smallest absolute Gasteiger partial charge is 0.252 e. The molecule has 0 radical (unpaired) electrons. The fraction of sp³-hybridized carbons (Fsp3) is 0.222. The van der Waals surface area contributed by atoms with Gasteiger partial charge in [0.2, 0.25) is 11.9 Å². The molecule has 3 rings (SSSR count). The molecule has 2 N–H and O–H groups in total. The van der Waals surface area contributed by atoms with E-state index < -0.39 is 0 Å². The molecule has 0 fully saturated rings. The molecule has 8 heteroatoms. The Morgan fingerprint density at radius 1 is 1.19 bits per heavy atom. The van der Waals surface area contributed by atoms with Gasteiger partial charge in [0.05, 0.1) is 11.4 Å². The van der Waals surface area contributed by atoms with E-state index in [9.17, 15) is 9.59 Å². The minimum atomic E-state index is -0.267. The fourth-order valence-electron chi connectivity index (χ4n) is 2.43.